The van der Waals surface area contributed by atoms with Crippen LogP contribution in [0.4, 0.5) is 10.8 Å². The fourth-order valence-corrected chi connectivity index (χ4v) is 2.95. The minimum Gasteiger partial charge on any atom is -0.330 e. The molecule has 0 aliphatic carbocycles. The van der Waals surface area contributed by atoms with E-state index in [-0.39, 0.29) is 0 Å². The second kappa shape index (κ2) is 6.38. The van der Waals surface area contributed by atoms with Gasteiger partial charge in [-0.1, -0.05) is 40.8 Å². The number of benzene rings is 1. The number of nitrogens with zero attached hydrogens (tertiary/aromatic N) is 3. The second-order valence-corrected chi connectivity index (χ2v) is 5.94. The lowest BCUT2D eigenvalue weighted by Gasteiger charge is -2.01. The van der Waals surface area contributed by atoms with Crippen molar-refractivity contribution in [3.8, 4) is 6.07 Å². The van der Waals surface area contributed by atoms with Crippen LogP contribution in [0.3, 0.4) is 0 Å². The lowest BCUT2D eigenvalue weighted by molar-refractivity contribution is 1.01. The zero-order valence-corrected chi connectivity index (χ0v) is 11.5. The minimum absolute atomic E-state index is 0.533. The Morgan fingerprint density at radius 3 is 2.83 bits per heavy atom. The summed E-state index contributed by atoms with van der Waals surface area (Å²) in [5.41, 5.74) is 2.23. The number of anilines is 2. The van der Waals surface area contributed by atoms with E-state index in [1.54, 1.807) is 11.8 Å². The van der Waals surface area contributed by atoms with Crippen LogP contribution >= 0.6 is 23.1 Å². The maximum Gasteiger partial charge on any atom is 0.210 e. The van der Waals surface area contributed by atoms with Gasteiger partial charge in [-0.3, -0.25) is 0 Å². The van der Waals surface area contributed by atoms with E-state index < -0.39 is 0 Å². The molecule has 0 atom stereocenters. The van der Waals surface area contributed by atoms with Gasteiger partial charge in [-0.05, 0) is 19.1 Å². The zero-order valence-electron chi connectivity index (χ0n) is 9.88. The van der Waals surface area contributed by atoms with Gasteiger partial charge in [0.05, 0.1) is 6.07 Å². The Bertz CT molecular complexity index is 542. The highest BCUT2D eigenvalue weighted by Gasteiger charge is 2.04. The number of nitrogens with one attached hydrogen (secondary N) is 1. The van der Waals surface area contributed by atoms with Crippen molar-refractivity contribution in [2.24, 2.45) is 0 Å². The first-order valence-electron chi connectivity index (χ1n) is 5.45. The van der Waals surface area contributed by atoms with Gasteiger partial charge < -0.3 is 5.32 Å². The van der Waals surface area contributed by atoms with E-state index >= 15 is 0 Å². The van der Waals surface area contributed by atoms with Gasteiger partial charge in [0.25, 0.3) is 0 Å². The lowest BCUT2D eigenvalue weighted by atomic mass is 10.2. The summed E-state index contributed by atoms with van der Waals surface area (Å²) in [7, 11) is 0. The maximum absolute atomic E-state index is 8.46. The van der Waals surface area contributed by atoms with Crippen LogP contribution in [-0.4, -0.2) is 16.0 Å². The largest absolute Gasteiger partial charge is 0.330 e. The number of aryl methyl sites for hydroxylation is 1. The molecule has 4 nitrogen and oxygen atoms in total. The fourth-order valence-electron chi connectivity index (χ4n) is 1.26. The first-order valence-corrected chi connectivity index (χ1v) is 7.25. The van der Waals surface area contributed by atoms with Gasteiger partial charge in [0.15, 0.2) is 4.34 Å². The van der Waals surface area contributed by atoms with Crippen molar-refractivity contribution >= 4 is 33.9 Å². The summed E-state index contributed by atoms with van der Waals surface area (Å²) in [5.74, 6) is 0.760. The van der Waals surface area contributed by atoms with Crippen LogP contribution in [-0.2, 0) is 0 Å². The average Bonchev–Trinajstić information content (AvgIpc) is 2.80. The van der Waals surface area contributed by atoms with Crippen molar-refractivity contribution in [3.05, 3.63) is 29.8 Å². The molecule has 0 spiro atoms. The van der Waals surface area contributed by atoms with Gasteiger partial charge >= 0.3 is 0 Å². The van der Waals surface area contributed by atoms with E-state index in [4.69, 9.17) is 5.26 Å². The normalized spacial score (nSPS) is 10.0. The number of hydrogen-bond acceptors (Lipinski definition) is 6. The van der Waals surface area contributed by atoms with Crippen LogP contribution in [0.15, 0.2) is 28.6 Å². The van der Waals surface area contributed by atoms with Gasteiger partial charge in [-0.25, -0.2) is 0 Å². The van der Waals surface area contributed by atoms with E-state index in [1.807, 2.05) is 24.3 Å². The third-order valence-electron chi connectivity index (χ3n) is 2.15. The van der Waals surface area contributed by atoms with Crippen molar-refractivity contribution in [3.63, 3.8) is 0 Å². The molecular formula is C12H12N4S2. The summed E-state index contributed by atoms with van der Waals surface area (Å²) in [4.78, 5) is 0. The monoisotopic (exact) mass is 276 g/mol. The molecule has 0 amide bonds. The Balaban J connectivity index is 1.94. The molecule has 1 N–H and O–H groups in total. The van der Waals surface area contributed by atoms with E-state index in [2.05, 4.69) is 28.5 Å². The van der Waals surface area contributed by atoms with Crippen molar-refractivity contribution in [2.75, 3.05) is 11.1 Å². The molecule has 1 heterocycles. The smallest absolute Gasteiger partial charge is 0.210 e. The predicted octanol–water partition coefficient (Wildman–Crippen LogP) is 3.60. The number of aromatic nitrogens is 2. The van der Waals surface area contributed by atoms with Gasteiger partial charge in [-0.15, -0.1) is 10.2 Å². The van der Waals surface area contributed by atoms with Crippen LogP contribution in [0.25, 0.3) is 0 Å². The summed E-state index contributed by atoms with van der Waals surface area (Å²) in [6.45, 7) is 2.05. The highest BCUT2D eigenvalue weighted by Crippen LogP contribution is 2.27. The Morgan fingerprint density at radius 2 is 2.11 bits per heavy atom. The molecule has 92 valence electrons. The summed E-state index contributed by atoms with van der Waals surface area (Å²) >= 11 is 3.06. The molecule has 1 aromatic heterocycles. The van der Waals surface area contributed by atoms with E-state index in [9.17, 15) is 0 Å². The molecule has 0 bridgehead atoms. The molecule has 6 heteroatoms. The molecule has 0 radical (unpaired) electrons. The molecule has 0 saturated heterocycles. The predicted molar refractivity (Wildman–Crippen MR) is 75.3 cm³/mol. The zero-order chi connectivity index (χ0) is 12.8. The Labute approximate surface area is 114 Å². The number of hydrogen-bond donors (Lipinski definition) is 1. The fraction of sp³-hybridized carbons (Fsp3) is 0.250. The number of nitriles is 1. The Morgan fingerprint density at radius 1 is 1.33 bits per heavy atom. The summed E-state index contributed by atoms with van der Waals surface area (Å²) in [6.07, 6.45) is 0.533. The lowest BCUT2D eigenvalue weighted by Crippen LogP contribution is -1.88. The minimum atomic E-state index is 0.533. The molecule has 2 aromatic rings. The molecule has 1 aromatic carbocycles. The summed E-state index contributed by atoms with van der Waals surface area (Å²) in [6, 6.07) is 10.2. The van der Waals surface area contributed by atoms with Gasteiger partial charge in [-0.2, -0.15) is 5.26 Å². The van der Waals surface area contributed by atoms with Crippen molar-refractivity contribution in [1.82, 2.24) is 10.2 Å². The van der Waals surface area contributed by atoms with Crippen LogP contribution in [0.2, 0.25) is 0 Å². The van der Waals surface area contributed by atoms with E-state index in [0.717, 1.165) is 20.9 Å². The topological polar surface area (TPSA) is 61.6 Å². The molecule has 0 aliphatic rings. The van der Waals surface area contributed by atoms with Crippen molar-refractivity contribution in [2.45, 2.75) is 17.7 Å². The van der Waals surface area contributed by atoms with Crippen molar-refractivity contribution in [1.29, 1.82) is 5.26 Å². The number of thioether (sulfide) groups is 1. The molecule has 0 saturated carbocycles. The third kappa shape index (κ3) is 3.72. The first kappa shape index (κ1) is 12.9. The van der Waals surface area contributed by atoms with E-state index in [0.29, 0.717) is 6.42 Å². The molecule has 0 fully saturated rings. The molecule has 18 heavy (non-hydrogen) atoms. The molecule has 2 rings (SSSR count). The molecular weight excluding hydrogens is 264 g/mol. The van der Waals surface area contributed by atoms with Gasteiger partial charge in [0.1, 0.15) is 0 Å². The van der Waals surface area contributed by atoms with Crippen LogP contribution in [0.5, 0.6) is 0 Å². The van der Waals surface area contributed by atoms with Crippen molar-refractivity contribution < 1.29 is 0 Å². The molecule has 0 aliphatic heterocycles. The first-order chi connectivity index (χ1) is 8.78. The quantitative estimate of drug-likeness (QED) is 0.668. The van der Waals surface area contributed by atoms with E-state index in [1.165, 1.54) is 16.9 Å². The van der Waals surface area contributed by atoms with Crippen LogP contribution in [0.1, 0.15) is 12.0 Å². The summed E-state index contributed by atoms with van der Waals surface area (Å²) < 4.78 is 0.889. The SMILES string of the molecule is Cc1ccc(Nc2nnc(SCCC#N)s2)cc1. The standard InChI is InChI=1S/C12H12N4S2/c1-9-3-5-10(6-4-9)14-11-15-16-12(18-11)17-8-2-7-13/h3-6H,2,8H2,1H3,(H,14,15). The maximum atomic E-state index is 8.46. The average molecular weight is 276 g/mol. The second-order valence-electron chi connectivity index (χ2n) is 3.62. The number of rotatable bonds is 5. The summed E-state index contributed by atoms with van der Waals surface area (Å²) in [5, 5.41) is 20.6. The van der Waals surface area contributed by atoms with Crippen LogP contribution < -0.4 is 5.32 Å². The van der Waals surface area contributed by atoms with Gasteiger partial charge in [0, 0.05) is 17.9 Å². The molecule has 0 unspecified atom stereocenters. The van der Waals surface area contributed by atoms with Crippen LogP contribution in [0, 0.1) is 18.3 Å². The third-order valence-corrected chi connectivity index (χ3v) is 4.12. The van der Waals surface area contributed by atoms with Gasteiger partial charge in [0.2, 0.25) is 5.13 Å². The Kier molecular flexibility index (Phi) is 4.56. The Hall–Kier alpha value is -1.58. The highest BCUT2D eigenvalue weighted by molar-refractivity contribution is 8.01. The highest BCUT2D eigenvalue weighted by atomic mass is 32.2.